The molecule has 0 aliphatic heterocycles. The Kier molecular flexibility index (Phi) is 5.48. The topological polar surface area (TPSA) is 76.0 Å². The van der Waals surface area contributed by atoms with Crippen molar-refractivity contribution in [3.05, 3.63) is 42.7 Å². The van der Waals surface area contributed by atoms with Gasteiger partial charge < -0.3 is 10.6 Å². The molecule has 132 valence electrons. The molecule has 2 N–H and O–H groups in total. The first-order valence-electron chi connectivity index (χ1n) is 8.84. The molecule has 6 nitrogen and oxygen atoms in total. The van der Waals surface area contributed by atoms with Gasteiger partial charge >= 0.3 is 0 Å². The van der Waals surface area contributed by atoms with E-state index in [2.05, 4.69) is 15.7 Å². The fourth-order valence-corrected chi connectivity index (χ4v) is 3.16. The first-order valence-corrected chi connectivity index (χ1v) is 8.84. The SMILES string of the molecule is CC(C(=O)Nc1cccc(NC(=O)C2CCCCC2)c1)n1cccn1. The zero-order valence-electron chi connectivity index (χ0n) is 14.4. The van der Waals surface area contributed by atoms with Gasteiger partial charge in [0.25, 0.3) is 0 Å². The van der Waals surface area contributed by atoms with Crippen molar-refractivity contribution in [1.82, 2.24) is 9.78 Å². The number of rotatable bonds is 5. The van der Waals surface area contributed by atoms with Gasteiger partial charge in [0.15, 0.2) is 0 Å². The molecule has 1 saturated carbocycles. The molecule has 1 aliphatic carbocycles. The lowest BCUT2D eigenvalue weighted by Gasteiger charge is -2.21. The van der Waals surface area contributed by atoms with Crippen LogP contribution in [0.25, 0.3) is 0 Å². The summed E-state index contributed by atoms with van der Waals surface area (Å²) >= 11 is 0. The molecule has 6 heteroatoms. The van der Waals surface area contributed by atoms with Gasteiger partial charge in [-0.2, -0.15) is 5.10 Å². The Morgan fingerprint density at radius 1 is 1.12 bits per heavy atom. The van der Waals surface area contributed by atoms with Crippen LogP contribution in [0.1, 0.15) is 45.1 Å². The number of benzene rings is 1. The number of carbonyl (C=O) groups excluding carboxylic acids is 2. The summed E-state index contributed by atoms with van der Waals surface area (Å²) in [6.45, 7) is 1.79. The van der Waals surface area contributed by atoms with Gasteiger partial charge in [0.1, 0.15) is 6.04 Å². The van der Waals surface area contributed by atoms with Crippen LogP contribution in [-0.4, -0.2) is 21.6 Å². The second-order valence-corrected chi connectivity index (χ2v) is 6.56. The second kappa shape index (κ2) is 7.96. The molecule has 1 unspecified atom stereocenters. The minimum atomic E-state index is -0.407. The van der Waals surface area contributed by atoms with Crippen molar-refractivity contribution in [3.63, 3.8) is 0 Å². The van der Waals surface area contributed by atoms with Gasteiger partial charge in [-0.25, -0.2) is 0 Å². The minimum absolute atomic E-state index is 0.0769. The lowest BCUT2D eigenvalue weighted by atomic mass is 9.88. The quantitative estimate of drug-likeness (QED) is 0.873. The molecule has 0 spiro atoms. The maximum Gasteiger partial charge on any atom is 0.248 e. The van der Waals surface area contributed by atoms with Crippen LogP contribution in [-0.2, 0) is 9.59 Å². The highest BCUT2D eigenvalue weighted by Crippen LogP contribution is 2.25. The van der Waals surface area contributed by atoms with Crippen molar-refractivity contribution in [2.24, 2.45) is 5.92 Å². The van der Waals surface area contributed by atoms with E-state index in [-0.39, 0.29) is 17.7 Å². The Labute approximate surface area is 147 Å². The molecule has 1 aromatic heterocycles. The molecular formula is C19H24N4O2. The van der Waals surface area contributed by atoms with Gasteiger partial charge in [0.2, 0.25) is 11.8 Å². The van der Waals surface area contributed by atoms with Gasteiger partial charge in [0, 0.05) is 29.7 Å². The van der Waals surface area contributed by atoms with E-state index < -0.39 is 6.04 Å². The second-order valence-electron chi connectivity index (χ2n) is 6.56. The van der Waals surface area contributed by atoms with Crippen molar-refractivity contribution < 1.29 is 9.59 Å². The molecule has 0 radical (unpaired) electrons. The first-order chi connectivity index (χ1) is 12.1. The summed E-state index contributed by atoms with van der Waals surface area (Å²) in [4.78, 5) is 24.7. The summed E-state index contributed by atoms with van der Waals surface area (Å²) in [6.07, 6.45) is 8.79. The van der Waals surface area contributed by atoms with Crippen molar-refractivity contribution in [2.75, 3.05) is 10.6 Å². The van der Waals surface area contributed by atoms with Crippen LogP contribution in [0.15, 0.2) is 42.7 Å². The molecule has 2 amide bonds. The summed E-state index contributed by atoms with van der Waals surface area (Å²) in [5.41, 5.74) is 1.37. The van der Waals surface area contributed by atoms with Crippen LogP contribution < -0.4 is 10.6 Å². The lowest BCUT2D eigenvalue weighted by Crippen LogP contribution is -2.25. The van der Waals surface area contributed by atoms with E-state index in [1.54, 1.807) is 36.1 Å². The monoisotopic (exact) mass is 340 g/mol. The van der Waals surface area contributed by atoms with Crippen LogP contribution in [0, 0.1) is 5.92 Å². The molecule has 0 bridgehead atoms. The average Bonchev–Trinajstić information content (AvgIpc) is 3.16. The fourth-order valence-electron chi connectivity index (χ4n) is 3.16. The predicted molar refractivity (Wildman–Crippen MR) is 97.2 cm³/mol. The Morgan fingerprint density at radius 2 is 1.84 bits per heavy atom. The van der Waals surface area contributed by atoms with Crippen LogP contribution >= 0.6 is 0 Å². The Hall–Kier alpha value is -2.63. The van der Waals surface area contributed by atoms with Crippen LogP contribution in [0.2, 0.25) is 0 Å². The van der Waals surface area contributed by atoms with E-state index >= 15 is 0 Å². The number of nitrogens with one attached hydrogen (secondary N) is 2. The number of amides is 2. The summed E-state index contributed by atoms with van der Waals surface area (Å²) in [6, 6.07) is 8.64. The smallest absolute Gasteiger partial charge is 0.248 e. The van der Waals surface area contributed by atoms with E-state index in [1.807, 2.05) is 18.2 Å². The molecule has 2 aromatic rings. The normalized spacial score (nSPS) is 16.2. The number of nitrogens with zero attached hydrogens (tertiary/aromatic N) is 2. The Balaban J connectivity index is 1.61. The fraction of sp³-hybridized carbons (Fsp3) is 0.421. The number of hydrogen-bond acceptors (Lipinski definition) is 3. The minimum Gasteiger partial charge on any atom is -0.326 e. The van der Waals surface area contributed by atoms with E-state index in [1.165, 1.54) is 6.42 Å². The van der Waals surface area contributed by atoms with Gasteiger partial charge in [-0.15, -0.1) is 0 Å². The molecular weight excluding hydrogens is 316 g/mol. The molecule has 1 atom stereocenters. The third-order valence-corrected chi connectivity index (χ3v) is 4.67. The molecule has 25 heavy (non-hydrogen) atoms. The van der Waals surface area contributed by atoms with Crippen LogP contribution in [0.5, 0.6) is 0 Å². The summed E-state index contributed by atoms with van der Waals surface area (Å²) in [7, 11) is 0. The first kappa shape index (κ1) is 17.2. The molecule has 3 rings (SSSR count). The zero-order valence-corrected chi connectivity index (χ0v) is 14.4. The van der Waals surface area contributed by atoms with Crippen molar-refractivity contribution in [1.29, 1.82) is 0 Å². The third kappa shape index (κ3) is 4.47. The lowest BCUT2D eigenvalue weighted by molar-refractivity contribution is -0.121. The van der Waals surface area contributed by atoms with E-state index in [0.717, 1.165) is 25.7 Å². The number of carbonyl (C=O) groups is 2. The highest BCUT2D eigenvalue weighted by Gasteiger charge is 2.21. The zero-order chi connectivity index (χ0) is 17.6. The van der Waals surface area contributed by atoms with E-state index in [9.17, 15) is 9.59 Å². The summed E-state index contributed by atoms with van der Waals surface area (Å²) < 4.78 is 1.60. The predicted octanol–water partition coefficient (Wildman–Crippen LogP) is 3.60. The standard InChI is InChI=1S/C19H24N4O2/c1-14(23-12-6-11-20-23)18(24)21-16-9-5-10-17(13-16)22-19(25)15-7-3-2-4-8-15/h5-6,9-15H,2-4,7-8H2,1H3,(H,21,24)(H,22,25). The summed E-state index contributed by atoms with van der Waals surface area (Å²) in [5, 5.41) is 9.93. The molecule has 1 fully saturated rings. The highest BCUT2D eigenvalue weighted by molar-refractivity contribution is 5.96. The van der Waals surface area contributed by atoms with Crippen molar-refractivity contribution >= 4 is 23.2 Å². The Morgan fingerprint density at radius 3 is 2.52 bits per heavy atom. The maximum atomic E-state index is 12.4. The van der Waals surface area contributed by atoms with E-state index in [0.29, 0.717) is 11.4 Å². The number of anilines is 2. The molecule has 0 saturated heterocycles. The van der Waals surface area contributed by atoms with Crippen LogP contribution in [0.3, 0.4) is 0 Å². The van der Waals surface area contributed by atoms with Gasteiger partial charge in [-0.3, -0.25) is 14.3 Å². The molecule has 1 aliphatic rings. The van der Waals surface area contributed by atoms with Crippen molar-refractivity contribution in [2.45, 2.75) is 45.1 Å². The van der Waals surface area contributed by atoms with Gasteiger partial charge in [-0.1, -0.05) is 25.3 Å². The molecule has 1 heterocycles. The van der Waals surface area contributed by atoms with Crippen molar-refractivity contribution in [3.8, 4) is 0 Å². The van der Waals surface area contributed by atoms with Crippen LogP contribution in [0.4, 0.5) is 11.4 Å². The maximum absolute atomic E-state index is 12.4. The number of aromatic nitrogens is 2. The third-order valence-electron chi connectivity index (χ3n) is 4.67. The van der Waals surface area contributed by atoms with Gasteiger partial charge in [0.05, 0.1) is 0 Å². The summed E-state index contributed by atoms with van der Waals surface area (Å²) in [5.74, 6) is 0.0272. The highest BCUT2D eigenvalue weighted by atomic mass is 16.2. The largest absolute Gasteiger partial charge is 0.326 e. The number of hydrogen-bond donors (Lipinski definition) is 2. The Bertz CT molecular complexity index is 721. The average molecular weight is 340 g/mol. The van der Waals surface area contributed by atoms with Gasteiger partial charge in [-0.05, 0) is 44.0 Å². The van der Waals surface area contributed by atoms with E-state index in [4.69, 9.17) is 0 Å². The molecule has 1 aromatic carbocycles.